The van der Waals surface area contributed by atoms with Gasteiger partial charge in [0, 0.05) is 12.2 Å². The van der Waals surface area contributed by atoms with Crippen molar-refractivity contribution in [3.05, 3.63) is 29.6 Å². The van der Waals surface area contributed by atoms with Crippen LogP contribution < -0.4 is 5.73 Å². The van der Waals surface area contributed by atoms with Gasteiger partial charge in [-0.25, -0.2) is 0 Å². The van der Waals surface area contributed by atoms with E-state index in [1.807, 2.05) is 0 Å². The average molecular weight is 216 g/mol. The molecule has 0 aliphatic heterocycles. The molecule has 1 heterocycles. The topological polar surface area (TPSA) is 38.9 Å². The number of hydrogen-bond acceptors (Lipinski definition) is 2. The van der Waals surface area contributed by atoms with Crippen LogP contribution >= 0.6 is 0 Å². The molecule has 1 fully saturated rings. The quantitative estimate of drug-likeness (QED) is 0.824. The highest BCUT2D eigenvalue weighted by Gasteiger charge is 2.34. The van der Waals surface area contributed by atoms with Gasteiger partial charge in [0.25, 0.3) is 0 Å². The lowest BCUT2D eigenvalue weighted by atomic mass is 10.0. The normalized spacial score (nSPS) is 18.9. The molecule has 0 aromatic carbocycles. The first kappa shape index (κ1) is 10.4. The van der Waals surface area contributed by atoms with Crippen molar-refractivity contribution in [2.24, 2.45) is 11.7 Å². The van der Waals surface area contributed by atoms with Gasteiger partial charge < -0.3 is 5.73 Å². The van der Waals surface area contributed by atoms with Crippen molar-refractivity contribution >= 4 is 0 Å². The Morgan fingerprint density at radius 2 is 2.07 bits per heavy atom. The Kier molecular flexibility index (Phi) is 2.42. The monoisotopic (exact) mass is 216 g/mol. The van der Waals surface area contributed by atoms with Gasteiger partial charge in [-0.1, -0.05) is 0 Å². The van der Waals surface area contributed by atoms with Crippen LogP contribution in [-0.2, 0) is 6.18 Å². The minimum absolute atomic E-state index is 0.283. The number of nitrogens with two attached hydrogens (primary N) is 1. The molecule has 82 valence electrons. The van der Waals surface area contributed by atoms with E-state index in [1.54, 1.807) is 6.07 Å². The average Bonchev–Trinajstić information content (AvgIpc) is 2.99. The number of rotatable bonds is 2. The van der Waals surface area contributed by atoms with Gasteiger partial charge in [-0.2, -0.15) is 13.2 Å². The minimum atomic E-state index is -4.39. The predicted octanol–water partition coefficient (Wildman–Crippen LogP) is 2.51. The fourth-order valence-electron chi connectivity index (χ4n) is 1.54. The third kappa shape index (κ3) is 2.28. The predicted molar refractivity (Wildman–Crippen MR) is 48.9 cm³/mol. The summed E-state index contributed by atoms with van der Waals surface area (Å²) in [6, 6.07) is 2.32. The molecule has 0 saturated heterocycles. The van der Waals surface area contributed by atoms with Crippen LogP contribution in [0, 0.1) is 5.92 Å². The lowest BCUT2D eigenvalue weighted by Crippen LogP contribution is -2.15. The summed E-state index contributed by atoms with van der Waals surface area (Å²) in [4.78, 5) is 3.29. The molecule has 0 amide bonds. The molecule has 0 bridgehead atoms. The second-order valence-electron chi connectivity index (χ2n) is 3.84. The molecular weight excluding hydrogens is 205 g/mol. The molecule has 1 aromatic heterocycles. The largest absolute Gasteiger partial charge is 0.433 e. The highest BCUT2D eigenvalue weighted by atomic mass is 19.4. The summed E-state index contributed by atoms with van der Waals surface area (Å²) in [5.74, 6) is 0.341. The van der Waals surface area contributed by atoms with Crippen LogP contribution in [0.5, 0.6) is 0 Å². The molecule has 2 nitrogen and oxygen atoms in total. The van der Waals surface area contributed by atoms with Crippen LogP contribution in [-0.4, -0.2) is 4.98 Å². The number of nitrogens with zero attached hydrogens (tertiary/aromatic N) is 1. The van der Waals surface area contributed by atoms with Gasteiger partial charge in [0.15, 0.2) is 0 Å². The maximum absolute atomic E-state index is 12.3. The summed E-state index contributed by atoms with van der Waals surface area (Å²) >= 11 is 0. The van der Waals surface area contributed by atoms with Crippen molar-refractivity contribution in [1.29, 1.82) is 0 Å². The summed E-state index contributed by atoms with van der Waals surface area (Å²) < 4.78 is 37.0. The summed E-state index contributed by atoms with van der Waals surface area (Å²) in [5.41, 5.74) is 5.48. The smallest absolute Gasteiger partial charge is 0.324 e. The van der Waals surface area contributed by atoms with Crippen LogP contribution in [0.4, 0.5) is 13.2 Å². The zero-order valence-electron chi connectivity index (χ0n) is 7.96. The van der Waals surface area contributed by atoms with E-state index in [0.29, 0.717) is 11.5 Å². The lowest BCUT2D eigenvalue weighted by molar-refractivity contribution is -0.141. The van der Waals surface area contributed by atoms with E-state index in [1.165, 1.54) is 6.20 Å². The maximum Gasteiger partial charge on any atom is 0.433 e. The Hall–Kier alpha value is -1.10. The van der Waals surface area contributed by atoms with Crippen molar-refractivity contribution in [1.82, 2.24) is 4.98 Å². The first-order valence-corrected chi connectivity index (χ1v) is 4.77. The maximum atomic E-state index is 12.3. The Morgan fingerprint density at radius 3 is 2.60 bits per heavy atom. The number of halogens is 3. The summed E-state index contributed by atoms with van der Waals surface area (Å²) in [6.07, 6.45) is -1.21. The van der Waals surface area contributed by atoms with Gasteiger partial charge in [0.2, 0.25) is 0 Å². The van der Waals surface area contributed by atoms with Gasteiger partial charge in [0.05, 0.1) is 0 Å². The van der Waals surface area contributed by atoms with E-state index < -0.39 is 11.9 Å². The van der Waals surface area contributed by atoms with Gasteiger partial charge in [-0.3, -0.25) is 4.98 Å². The van der Waals surface area contributed by atoms with Crippen LogP contribution in [0.2, 0.25) is 0 Å². The lowest BCUT2D eigenvalue weighted by Gasteiger charge is -2.12. The first-order valence-electron chi connectivity index (χ1n) is 4.77. The number of hydrogen-bond donors (Lipinski definition) is 1. The Bertz CT molecular complexity index is 358. The molecular formula is C10H11F3N2. The van der Waals surface area contributed by atoms with Gasteiger partial charge in [-0.05, 0) is 36.5 Å². The summed E-state index contributed by atoms with van der Waals surface area (Å²) in [7, 11) is 0. The Morgan fingerprint density at radius 1 is 1.40 bits per heavy atom. The Balaban J connectivity index is 2.25. The van der Waals surface area contributed by atoms with Crippen LogP contribution in [0.3, 0.4) is 0 Å². The Labute approximate surface area is 85.3 Å². The van der Waals surface area contributed by atoms with E-state index in [-0.39, 0.29) is 6.04 Å². The van der Waals surface area contributed by atoms with E-state index in [2.05, 4.69) is 4.98 Å². The van der Waals surface area contributed by atoms with Gasteiger partial charge in [-0.15, -0.1) is 0 Å². The second-order valence-corrected chi connectivity index (χ2v) is 3.84. The second kappa shape index (κ2) is 3.48. The van der Waals surface area contributed by atoms with Crippen molar-refractivity contribution in [3.63, 3.8) is 0 Å². The standard InChI is InChI=1S/C10H11F3N2/c11-10(12,13)8-5-7(3-4-15-8)9(14)6-1-2-6/h3-6,9H,1-2,14H2/t9-/m1/s1. The molecule has 1 saturated carbocycles. The molecule has 0 spiro atoms. The molecule has 1 aromatic rings. The molecule has 0 radical (unpaired) electrons. The van der Waals surface area contributed by atoms with Crippen molar-refractivity contribution in [2.75, 3.05) is 0 Å². The summed E-state index contributed by atoms with van der Waals surface area (Å²) in [6.45, 7) is 0. The third-order valence-electron chi connectivity index (χ3n) is 2.59. The van der Waals surface area contributed by atoms with Gasteiger partial charge >= 0.3 is 6.18 Å². The summed E-state index contributed by atoms with van der Waals surface area (Å²) in [5, 5.41) is 0. The molecule has 15 heavy (non-hydrogen) atoms. The van der Waals surface area contributed by atoms with E-state index in [0.717, 1.165) is 18.9 Å². The SMILES string of the molecule is N[C@@H](c1ccnc(C(F)(F)F)c1)C1CC1. The van der Waals surface area contributed by atoms with Crippen LogP contribution in [0.1, 0.15) is 30.1 Å². The highest BCUT2D eigenvalue weighted by molar-refractivity contribution is 5.23. The molecule has 2 N–H and O–H groups in total. The van der Waals surface area contributed by atoms with E-state index in [4.69, 9.17) is 5.73 Å². The van der Waals surface area contributed by atoms with Crippen molar-refractivity contribution in [2.45, 2.75) is 25.1 Å². The zero-order valence-corrected chi connectivity index (χ0v) is 7.96. The molecule has 5 heteroatoms. The number of alkyl halides is 3. The van der Waals surface area contributed by atoms with E-state index in [9.17, 15) is 13.2 Å². The minimum Gasteiger partial charge on any atom is -0.324 e. The number of pyridine rings is 1. The molecule has 1 aliphatic carbocycles. The molecule has 0 unspecified atom stereocenters. The van der Waals surface area contributed by atoms with Crippen LogP contribution in [0.25, 0.3) is 0 Å². The first-order chi connectivity index (χ1) is 6.98. The van der Waals surface area contributed by atoms with E-state index >= 15 is 0 Å². The van der Waals surface area contributed by atoms with Crippen LogP contribution in [0.15, 0.2) is 18.3 Å². The van der Waals surface area contributed by atoms with Crippen molar-refractivity contribution < 1.29 is 13.2 Å². The fourth-order valence-corrected chi connectivity index (χ4v) is 1.54. The molecule has 1 atom stereocenters. The molecule has 1 aliphatic rings. The third-order valence-corrected chi connectivity index (χ3v) is 2.59. The van der Waals surface area contributed by atoms with Gasteiger partial charge in [0.1, 0.15) is 5.69 Å². The molecule has 2 rings (SSSR count). The fraction of sp³-hybridized carbons (Fsp3) is 0.500. The highest BCUT2D eigenvalue weighted by Crippen LogP contribution is 2.40. The zero-order chi connectivity index (χ0) is 11.1. The van der Waals surface area contributed by atoms with Crippen molar-refractivity contribution in [3.8, 4) is 0 Å². The number of aromatic nitrogens is 1.